The molecule has 0 spiro atoms. The third-order valence-corrected chi connectivity index (χ3v) is 2.72. The van der Waals surface area contributed by atoms with E-state index < -0.39 is 6.67 Å². The van der Waals surface area contributed by atoms with Crippen molar-refractivity contribution in [2.45, 2.75) is 6.42 Å². The van der Waals surface area contributed by atoms with Gasteiger partial charge >= 0.3 is 0 Å². The zero-order chi connectivity index (χ0) is 13.5. The van der Waals surface area contributed by atoms with Crippen LogP contribution in [0.15, 0.2) is 36.4 Å². The van der Waals surface area contributed by atoms with Gasteiger partial charge in [-0.25, -0.2) is 0 Å². The quantitative estimate of drug-likeness (QED) is 0.675. The van der Waals surface area contributed by atoms with Crippen LogP contribution in [0.2, 0.25) is 0 Å². The molecule has 0 saturated carbocycles. The van der Waals surface area contributed by atoms with E-state index in [2.05, 4.69) is 11.8 Å². The van der Waals surface area contributed by atoms with E-state index in [-0.39, 0.29) is 6.61 Å². The first kappa shape index (κ1) is 13.4. The van der Waals surface area contributed by atoms with Gasteiger partial charge in [0.1, 0.15) is 12.4 Å². The van der Waals surface area contributed by atoms with Gasteiger partial charge < -0.3 is 9.84 Å². The topological polar surface area (TPSA) is 29.5 Å². The lowest BCUT2D eigenvalue weighted by molar-refractivity contribution is 0.289. The van der Waals surface area contributed by atoms with Crippen LogP contribution >= 0.6 is 0 Å². The fraction of sp³-hybridized carbons (Fsp3) is 0.250. The van der Waals surface area contributed by atoms with Crippen molar-refractivity contribution >= 4 is 10.8 Å². The monoisotopic (exact) mass is 258 g/mol. The van der Waals surface area contributed by atoms with Crippen LogP contribution in [0.3, 0.4) is 0 Å². The van der Waals surface area contributed by atoms with E-state index >= 15 is 0 Å². The molecule has 3 heteroatoms. The SMILES string of the molecule is OCC#Cc1c(OCCCF)ccc2ccccc12. The maximum Gasteiger partial charge on any atom is 0.135 e. The molecule has 2 aromatic rings. The predicted molar refractivity (Wildman–Crippen MR) is 74.0 cm³/mol. The molecule has 0 saturated heterocycles. The van der Waals surface area contributed by atoms with Crippen LogP contribution < -0.4 is 4.74 Å². The van der Waals surface area contributed by atoms with Gasteiger partial charge in [0.05, 0.1) is 18.8 Å². The molecule has 0 fully saturated rings. The predicted octanol–water partition coefficient (Wildman–Crippen LogP) is 2.92. The normalized spacial score (nSPS) is 10.0. The summed E-state index contributed by atoms with van der Waals surface area (Å²) >= 11 is 0. The second kappa shape index (κ2) is 6.77. The van der Waals surface area contributed by atoms with E-state index in [1.807, 2.05) is 36.4 Å². The summed E-state index contributed by atoms with van der Waals surface area (Å²) in [5, 5.41) is 10.9. The number of rotatable bonds is 4. The molecule has 98 valence electrons. The lowest BCUT2D eigenvalue weighted by atomic mass is 10.0. The Labute approximate surface area is 111 Å². The number of aliphatic hydroxyl groups excluding tert-OH is 1. The summed E-state index contributed by atoms with van der Waals surface area (Å²) < 4.78 is 17.7. The molecule has 1 N–H and O–H groups in total. The fourth-order valence-corrected chi connectivity index (χ4v) is 1.87. The Morgan fingerprint density at radius 1 is 1.16 bits per heavy atom. The molecule has 0 bridgehead atoms. The molecule has 0 aliphatic heterocycles. The molecule has 19 heavy (non-hydrogen) atoms. The van der Waals surface area contributed by atoms with E-state index in [1.54, 1.807) is 0 Å². The highest BCUT2D eigenvalue weighted by molar-refractivity contribution is 5.90. The van der Waals surface area contributed by atoms with Gasteiger partial charge in [-0.05, 0) is 11.5 Å². The van der Waals surface area contributed by atoms with Gasteiger partial charge in [-0.2, -0.15) is 0 Å². The van der Waals surface area contributed by atoms with Crippen LogP contribution in [0.4, 0.5) is 4.39 Å². The second-order valence-corrected chi connectivity index (χ2v) is 4.01. The van der Waals surface area contributed by atoms with Gasteiger partial charge in [0.15, 0.2) is 0 Å². The summed E-state index contributed by atoms with van der Waals surface area (Å²) in [7, 11) is 0. The summed E-state index contributed by atoms with van der Waals surface area (Å²) in [5.74, 6) is 6.19. The van der Waals surface area contributed by atoms with E-state index in [0.29, 0.717) is 18.8 Å². The van der Waals surface area contributed by atoms with Crippen LogP contribution in [0.25, 0.3) is 10.8 Å². The number of benzene rings is 2. The van der Waals surface area contributed by atoms with Crippen molar-refractivity contribution < 1.29 is 14.2 Å². The highest BCUT2D eigenvalue weighted by Gasteiger charge is 2.06. The standard InChI is InChI=1S/C16H15FO2/c17-10-4-12-19-16-9-8-13-5-1-2-6-14(13)15(16)7-3-11-18/h1-2,5-6,8-9,18H,4,10-12H2. The van der Waals surface area contributed by atoms with Crippen LogP contribution in [-0.2, 0) is 0 Å². The highest BCUT2D eigenvalue weighted by atomic mass is 19.1. The molecule has 0 radical (unpaired) electrons. The summed E-state index contributed by atoms with van der Waals surface area (Å²) in [4.78, 5) is 0. The van der Waals surface area contributed by atoms with Crippen LogP contribution in [-0.4, -0.2) is 25.0 Å². The Morgan fingerprint density at radius 3 is 2.79 bits per heavy atom. The molecular formula is C16H15FO2. The van der Waals surface area contributed by atoms with Crippen molar-refractivity contribution in [3.8, 4) is 17.6 Å². The van der Waals surface area contributed by atoms with Crippen LogP contribution in [0.1, 0.15) is 12.0 Å². The maximum absolute atomic E-state index is 12.1. The minimum Gasteiger partial charge on any atom is -0.492 e. The largest absolute Gasteiger partial charge is 0.492 e. The van der Waals surface area contributed by atoms with Gasteiger partial charge in [0.25, 0.3) is 0 Å². The molecule has 0 aliphatic rings. The van der Waals surface area contributed by atoms with Crippen molar-refractivity contribution in [3.63, 3.8) is 0 Å². The Bertz CT molecular complexity index is 611. The maximum atomic E-state index is 12.1. The van der Waals surface area contributed by atoms with Crippen molar-refractivity contribution in [2.24, 2.45) is 0 Å². The molecule has 2 nitrogen and oxygen atoms in total. The molecule has 0 aromatic heterocycles. The molecular weight excluding hydrogens is 243 g/mol. The zero-order valence-electron chi connectivity index (χ0n) is 10.5. The van der Waals surface area contributed by atoms with Crippen LogP contribution in [0.5, 0.6) is 5.75 Å². The number of aliphatic hydroxyl groups is 1. The van der Waals surface area contributed by atoms with Gasteiger partial charge in [0.2, 0.25) is 0 Å². The lowest BCUT2D eigenvalue weighted by Gasteiger charge is -2.10. The smallest absolute Gasteiger partial charge is 0.135 e. The van der Waals surface area contributed by atoms with Crippen molar-refractivity contribution in [1.82, 2.24) is 0 Å². The third kappa shape index (κ3) is 3.24. The summed E-state index contributed by atoms with van der Waals surface area (Å²) in [6, 6.07) is 11.6. The first-order chi connectivity index (χ1) is 9.36. The average molecular weight is 258 g/mol. The Kier molecular flexibility index (Phi) is 4.77. The zero-order valence-corrected chi connectivity index (χ0v) is 10.5. The number of hydrogen-bond acceptors (Lipinski definition) is 2. The summed E-state index contributed by atoms with van der Waals surface area (Å²) in [6.07, 6.45) is 0.361. The van der Waals surface area contributed by atoms with E-state index in [9.17, 15) is 4.39 Å². The number of halogens is 1. The Hall–Kier alpha value is -2.05. The third-order valence-electron chi connectivity index (χ3n) is 2.72. The van der Waals surface area contributed by atoms with Gasteiger partial charge in [0, 0.05) is 11.8 Å². The van der Waals surface area contributed by atoms with Crippen molar-refractivity contribution in [3.05, 3.63) is 42.0 Å². The molecule has 0 amide bonds. The first-order valence-corrected chi connectivity index (χ1v) is 6.17. The van der Waals surface area contributed by atoms with Crippen molar-refractivity contribution in [1.29, 1.82) is 0 Å². The van der Waals surface area contributed by atoms with E-state index in [0.717, 1.165) is 16.3 Å². The summed E-state index contributed by atoms with van der Waals surface area (Å²) in [6.45, 7) is -0.277. The van der Waals surface area contributed by atoms with Gasteiger partial charge in [-0.1, -0.05) is 42.2 Å². The minimum absolute atomic E-state index is 0.201. The molecule has 0 unspecified atom stereocenters. The molecule has 0 heterocycles. The minimum atomic E-state index is -0.398. The number of alkyl halides is 1. The first-order valence-electron chi connectivity index (χ1n) is 6.17. The Morgan fingerprint density at radius 2 is 2.00 bits per heavy atom. The fourth-order valence-electron chi connectivity index (χ4n) is 1.87. The molecule has 2 aromatic carbocycles. The number of fused-ring (bicyclic) bond motifs is 1. The number of ether oxygens (including phenoxy) is 1. The van der Waals surface area contributed by atoms with E-state index in [4.69, 9.17) is 9.84 Å². The van der Waals surface area contributed by atoms with Gasteiger partial charge in [-0.15, -0.1) is 0 Å². The lowest BCUT2D eigenvalue weighted by Crippen LogP contribution is -2.00. The van der Waals surface area contributed by atoms with Crippen molar-refractivity contribution in [2.75, 3.05) is 19.9 Å². The van der Waals surface area contributed by atoms with Crippen LogP contribution in [0, 0.1) is 11.8 Å². The van der Waals surface area contributed by atoms with E-state index in [1.165, 1.54) is 0 Å². The molecule has 2 rings (SSSR count). The highest BCUT2D eigenvalue weighted by Crippen LogP contribution is 2.27. The molecule has 0 aliphatic carbocycles. The second-order valence-electron chi connectivity index (χ2n) is 4.01. The molecule has 0 atom stereocenters. The average Bonchev–Trinajstić information content (AvgIpc) is 2.46. The Balaban J connectivity index is 2.44. The number of hydrogen-bond donors (Lipinski definition) is 1. The summed E-state index contributed by atoms with van der Waals surface area (Å²) in [5.41, 5.74) is 0.742. The van der Waals surface area contributed by atoms with Gasteiger partial charge in [-0.3, -0.25) is 4.39 Å².